The Morgan fingerprint density at radius 3 is 2.09 bits per heavy atom. The van der Waals surface area contributed by atoms with Crippen LogP contribution in [0.2, 0.25) is 5.02 Å². The van der Waals surface area contributed by atoms with Crippen molar-refractivity contribution in [2.45, 2.75) is 57.1 Å². The molecule has 0 bridgehead atoms. The first-order chi connectivity index (χ1) is 21.8. The van der Waals surface area contributed by atoms with Crippen molar-refractivity contribution < 1.29 is 22.7 Å². The average Bonchev–Trinajstić information content (AvgIpc) is 3.01. The van der Waals surface area contributed by atoms with E-state index in [1.165, 1.54) is 24.1 Å². The lowest BCUT2D eigenvalue weighted by Gasteiger charge is -2.35. The number of ether oxygens (including phenoxy) is 1. The number of aryl methyl sites for hydroxylation is 1. The van der Waals surface area contributed by atoms with Gasteiger partial charge in [-0.25, -0.2) is 8.42 Å². The summed E-state index contributed by atoms with van der Waals surface area (Å²) in [6, 6.07) is 28.4. The number of hydrogen-bond acceptors (Lipinski definition) is 5. The quantitative estimate of drug-likeness (QED) is 0.189. The standard InChI is InChI=1S/C36H40ClN3O5S/c1-26-10-9-13-28(22-26)24-39(33(35(42)38-36(2,3)4)23-27-11-7-6-8-12-27)34(41)25-40(30-16-14-29(37)15-17-30)46(43,44)32-20-18-31(45-5)19-21-32/h6-22,33H,23-25H2,1-5H3,(H,38,42)/t33-/m1/s1. The van der Waals surface area contributed by atoms with Gasteiger partial charge < -0.3 is 15.0 Å². The largest absolute Gasteiger partial charge is 0.497 e. The van der Waals surface area contributed by atoms with Crippen LogP contribution in [0, 0.1) is 6.92 Å². The average molecular weight is 662 g/mol. The van der Waals surface area contributed by atoms with Crippen LogP contribution in [0.15, 0.2) is 108 Å². The highest BCUT2D eigenvalue weighted by molar-refractivity contribution is 7.92. The number of nitrogens with one attached hydrogen (secondary N) is 1. The second kappa shape index (κ2) is 14.8. The van der Waals surface area contributed by atoms with E-state index in [-0.39, 0.29) is 29.5 Å². The van der Waals surface area contributed by atoms with Gasteiger partial charge in [0.25, 0.3) is 10.0 Å². The molecule has 0 aliphatic heterocycles. The van der Waals surface area contributed by atoms with Crippen molar-refractivity contribution in [1.82, 2.24) is 10.2 Å². The number of sulfonamides is 1. The van der Waals surface area contributed by atoms with Crippen LogP contribution in [0.1, 0.15) is 37.5 Å². The molecule has 0 radical (unpaired) electrons. The van der Waals surface area contributed by atoms with Gasteiger partial charge >= 0.3 is 0 Å². The molecule has 242 valence electrons. The third kappa shape index (κ3) is 9.11. The summed E-state index contributed by atoms with van der Waals surface area (Å²) in [4.78, 5) is 30.0. The molecule has 4 aromatic rings. The molecule has 4 rings (SSSR count). The Hall–Kier alpha value is -4.34. The van der Waals surface area contributed by atoms with Crippen LogP contribution in [-0.4, -0.2) is 50.4 Å². The molecule has 0 saturated heterocycles. The predicted octanol–water partition coefficient (Wildman–Crippen LogP) is 6.41. The minimum absolute atomic E-state index is 0.0207. The summed E-state index contributed by atoms with van der Waals surface area (Å²) in [6.07, 6.45) is 0.229. The number of benzene rings is 4. The smallest absolute Gasteiger partial charge is 0.264 e. The van der Waals surface area contributed by atoms with E-state index in [0.29, 0.717) is 10.8 Å². The lowest BCUT2D eigenvalue weighted by Crippen LogP contribution is -2.56. The lowest BCUT2D eigenvalue weighted by molar-refractivity contribution is -0.140. The highest BCUT2D eigenvalue weighted by Crippen LogP contribution is 2.27. The predicted molar refractivity (Wildman–Crippen MR) is 183 cm³/mol. The fraction of sp³-hybridized carbons (Fsp3) is 0.278. The number of carbonyl (C=O) groups is 2. The molecule has 46 heavy (non-hydrogen) atoms. The Morgan fingerprint density at radius 2 is 1.50 bits per heavy atom. The van der Waals surface area contributed by atoms with Crippen molar-refractivity contribution in [1.29, 1.82) is 0 Å². The minimum atomic E-state index is -4.25. The number of anilines is 1. The molecule has 0 aliphatic carbocycles. The zero-order valence-corrected chi connectivity index (χ0v) is 28.3. The maximum atomic E-state index is 14.6. The van der Waals surface area contributed by atoms with E-state index in [9.17, 15) is 18.0 Å². The Balaban J connectivity index is 1.81. The summed E-state index contributed by atoms with van der Waals surface area (Å²) >= 11 is 6.14. The highest BCUT2D eigenvalue weighted by atomic mass is 35.5. The molecule has 1 N–H and O–H groups in total. The number of halogens is 1. The third-order valence-electron chi connectivity index (χ3n) is 7.25. The van der Waals surface area contributed by atoms with E-state index < -0.39 is 34.1 Å². The molecule has 0 unspecified atom stereocenters. The van der Waals surface area contributed by atoms with Crippen molar-refractivity contribution >= 4 is 39.1 Å². The monoisotopic (exact) mass is 661 g/mol. The molecule has 8 nitrogen and oxygen atoms in total. The zero-order valence-electron chi connectivity index (χ0n) is 26.7. The molecule has 1 atom stereocenters. The molecule has 2 amide bonds. The molecule has 0 saturated carbocycles. The number of rotatable bonds is 12. The van der Waals surface area contributed by atoms with Gasteiger partial charge in [0.1, 0.15) is 18.3 Å². The topological polar surface area (TPSA) is 96.0 Å². The number of hydrogen-bond donors (Lipinski definition) is 1. The third-order valence-corrected chi connectivity index (χ3v) is 9.29. The molecule has 0 aliphatic rings. The first-order valence-corrected chi connectivity index (χ1v) is 16.7. The van der Waals surface area contributed by atoms with Crippen LogP contribution in [0.3, 0.4) is 0 Å². The molecular formula is C36H40ClN3O5S. The van der Waals surface area contributed by atoms with Gasteiger partial charge in [-0.1, -0.05) is 71.8 Å². The molecule has 0 spiro atoms. The van der Waals surface area contributed by atoms with Crippen LogP contribution in [0.4, 0.5) is 5.69 Å². The van der Waals surface area contributed by atoms with Gasteiger partial charge in [0.2, 0.25) is 11.8 Å². The van der Waals surface area contributed by atoms with Gasteiger partial charge in [-0.3, -0.25) is 13.9 Å². The maximum absolute atomic E-state index is 14.6. The second-order valence-corrected chi connectivity index (χ2v) is 14.4. The van der Waals surface area contributed by atoms with Gasteiger partial charge in [0.15, 0.2) is 0 Å². The Labute approximate surface area is 277 Å². The van der Waals surface area contributed by atoms with Crippen molar-refractivity contribution in [3.8, 4) is 5.75 Å². The zero-order chi connectivity index (χ0) is 33.5. The van der Waals surface area contributed by atoms with E-state index in [2.05, 4.69) is 5.32 Å². The van der Waals surface area contributed by atoms with E-state index in [4.69, 9.17) is 16.3 Å². The highest BCUT2D eigenvalue weighted by Gasteiger charge is 2.35. The van der Waals surface area contributed by atoms with Gasteiger partial charge in [-0.2, -0.15) is 0 Å². The first-order valence-electron chi connectivity index (χ1n) is 14.9. The second-order valence-electron chi connectivity index (χ2n) is 12.1. The fourth-order valence-corrected chi connectivity index (χ4v) is 6.57. The van der Waals surface area contributed by atoms with E-state index in [1.54, 1.807) is 36.4 Å². The molecular weight excluding hydrogens is 622 g/mol. The number of methoxy groups -OCH3 is 1. The Morgan fingerprint density at radius 1 is 0.870 bits per heavy atom. The minimum Gasteiger partial charge on any atom is -0.497 e. The molecule has 10 heteroatoms. The summed E-state index contributed by atoms with van der Waals surface area (Å²) < 4.78 is 34.6. The summed E-state index contributed by atoms with van der Waals surface area (Å²) in [5.41, 5.74) is 2.35. The molecule has 0 aromatic heterocycles. The van der Waals surface area contributed by atoms with Gasteiger partial charge in [0.05, 0.1) is 17.7 Å². The van der Waals surface area contributed by atoms with Crippen molar-refractivity contribution in [2.75, 3.05) is 18.0 Å². The first kappa shape index (κ1) is 34.5. The lowest BCUT2D eigenvalue weighted by atomic mass is 10.0. The Bertz CT molecular complexity index is 1740. The van der Waals surface area contributed by atoms with E-state index in [1.807, 2.05) is 82.3 Å². The maximum Gasteiger partial charge on any atom is 0.264 e. The number of nitrogens with zero attached hydrogens (tertiary/aromatic N) is 2. The van der Waals surface area contributed by atoms with E-state index in [0.717, 1.165) is 21.0 Å². The van der Waals surface area contributed by atoms with Gasteiger partial charge in [-0.05, 0) is 87.4 Å². The fourth-order valence-electron chi connectivity index (χ4n) is 5.03. The molecule has 4 aromatic carbocycles. The number of amides is 2. The summed E-state index contributed by atoms with van der Waals surface area (Å²) in [5.74, 6) is -0.391. The normalized spacial score (nSPS) is 12.2. The van der Waals surface area contributed by atoms with Crippen LogP contribution in [0.5, 0.6) is 5.75 Å². The van der Waals surface area contributed by atoms with Crippen molar-refractivity contribution in [3.05, 3.63) is 125 Å². The molecule has 0 fully saturated rings. The van der Waals surface area contributed by atoms with Crippen LogP contribution < -0.4 is 14.4 Å². The Kier molecular flexibility index (Phi) is 11.1. The molecule has 0 heterocycles. The van der Waals surface area contributed by atoms with Gasteiger partial charge in [-0.15, -0.1) is 0 Å². The van der Waals surface area contributed by atoms with Crippen LogP contribution >= 0.6 is 11.6 Å². The van der Waals surface area contributed by atoms with Gasteiger partial charge in [0, 0.05) is 23.5 Å². The number of carbonyl (C=O) groups excluding carboxylic acids is 2. The van der Waals surface area contributed by atoms with Crippen molar-refractivity contribution in [3.63, 3.8) is 0 Å². The van der Waals surface area contributed by atoms with Crippen LogP contribution in [-0.2, 0) is 32.6 Å². The summed E-state index contributed by atoms with van der Waals surface area (Å²) in [6.45, 7) is 7.11. The van der Waals surface area contributed by atoms with Crippen molar-refractivity contribution in [2.24, 2.45) is 0 Å². The van der Waals surface area contributed by atoms with E-state index >= 15 is 0 Å². The summed E-state index contributed by atoms with van der Waals surface area (Å²) in [5, 5.41) is 3.46. The van der Waals surface area contributed by atoms with Crippen LogP contribution in [0.25, 0.3) is 0 Å². The SMILES string of the molecule is COc1ccc(S(=O)(=O)N(CC(=O)N(Cc2cccc(C)c2)[C@H](Cc2ccccc2)C(=O)NC(C)(C)C)c2ccc(Cl)cc2)cc1. The summed E-state index contributed by atoms with van der Waals surface area (Å²) in [7, 11) is -2.75.